The molecule has 1 unspecified atom stereocenters. The van der Waals surface area contributed by atoms with E-state index in [1.807, 2.05) is 20.0 Å². The molecule has 1 saturated heterocycles. The highest BCUT2D eigenvalue weighted by Crippen LogP contribution is 2.59. The average molecular weight is 263 g/mol. The van der Waals surface area contributed by atoms with Gasteiger partial charge in [0, 0.05) is 19.0 Å². The Kier molecular flexibility index (Phi) is 3.09. The SMILES string of the molecule is Cc1cc(CN(C)C(=O)C2CC23CCNCC3)no1. The van der Waals surface area contributed by atoms with Crippen molar-refractivity contribution in [2.45, 2.75) is 32.7 Å². The minimum Gasteiger partial charge on any atom is -0.361 e. The van der Waals surface area contributed by atoms with E-state index in [0.717, 1.165) is 43.8 Å². The summed E-state index contributed by atoms with van der Waals surface area (Å²) >= 11 is 0. The first-order chi connectivity index (χ1) is 9.11. The van der Waals surface area contributed by atoms with Gasteiger partial charge in [-0.05, 0) is 44.7 Å². The van der Waals surface area contributed by atoms with Crippen LogP contribution >= 0.6 is 0 Å². The number of piperidine rings is 1. The third-order valence-corrected chi connectivity index (χ3v) is 4.54. The Morgan fingerprint density at radius 1 is 1.58 bits per heavy atom. The predicted molar refractivity (Wildman–Crippen MR) is 70.4 cm³/mol. The molecule has 0 radical (unpaired) electrons. The molecule has 1 aromatic heterocycles. The van der Waals surface area contributed by atoms with E-state index in [1.54, 1.807) is 4.90 Å². The van der Waals surface area contributed by atoms with Crippen molar-refractivity contribution in [1.82, 2.24) is 15.4 Å². The molecule has 1 amide bonds. The summed E-state index contributed by atoms with van der Waals surface area (Å²) in [4.78, 5) is 14.2. The molecule has 1 aliphatic carbocycles. The minimum absolute atomic E-state index is 0.229. The standard InChI is InChI=1S/C14H21N3O2/c1-10-7-11(16-19-10)9-17(2)13(18)12-8-14(12)3-5-15-6-4-14/h7,12,15H,3-6,8-9H2,1-2H3. The lowest BCUT2D eigenvalue weighted by molar-refractivity contribution is -0.132. The second-order valence-electron chi connectivity index (χ2n) is 5.99. The highest BCUT2D eigenvalue weighted by molar-refractivity contribution is 5.82. The molecular formula is C14H21N3O2. The van der Waals surface area contributed by atoms with E-state index in [9.17, 15) is 4.79 Å². The van der Waals surface area contributed by atoms with E-state index < -0.39 is 0 Å². The third-order valence-electron chi connectivity index (χ3n) is 4.54. The van der Waals surface area contributed by atoms with Crippen molar-refractivity contribution in [2.75, 3.05) is 20.1 Å². The number of aryl methyl sites for hydroxylation is 1. The van der Waals surface area contributed by atoms with E-state index in [4.69, 9.17) is 4.52 Å². The molecule has 1 saturated carbocycles. The molecule has 5 nitrogen and oxygen atoms in total. The number of carbonyl (C=O) groups is 1. The maximum Gasteiger partial charge on any atom is 0.226 e. The summed E-state index contributed by atoms with van der Waals surface area (Å²) in [5, 5.41) is 7.31. The molecule has 0 bridgehead atoms. The van der Waals surface area contributed by atoms with Gasteiger partial charge in [-0.25, -0.2) is 0 Å². The fourth-order valence-electron chi connectivity index (χ4n) is 3.25. The average Bonchev–Trinajstić information content (AvgIpc) is 2.92. The number of rotatable bonds is 3. The molecule has 2 fully saturated rings. The minimum atomic E-state index is 0.229. The summed E-state index contributed by atoms with van der Waals surface area (Å²) in [5.41, 5.74) is 1.13. The third kappa shape index (κ3) is 2.39. The highest BCUT2D eigenvalue weighted by atomic mass is 16.5. The molecule has 1 spiro atoms. The first-order valence-electron chi connectivity index (χ1n) is 6.99. The van der Waals surface area contributed by atoms with Crippen molar-refractivity contribution in [2.24, 2.45) is 11.3 Å². The van der Waals surface area contributed by atoms with Crippen LogP contribution in [0.2, 0.25) is 0 Å². The monoisotopic (exact) mass is 263 g/mol. The van der Waals surface area contributed by atoms with Crippen LogP contribution in [0, 0.1) is 18.3 Å². The summed E-state index contributed by atoms with van der Waals surface area (Å²) in [5.74, 6) is 1.28. The van der Waals surface area contributed by atoms with Crippen molar-refractivity contribution in [3.63, 3.8) is 0 Å². The summed E-state index contributed by atoms with van der Waals surface area (Å²) in [6, 6.07) is 1.89. The molecule has 2 aliphatic rings. The number of amides is 1. The van der Waals surface area contributed by atoms with Gasteiger partial charge in [0.15, 0.2) is 0 Å². The van der Waals surface area contributed by atoms with Gasteiger partial charge in [0.1, 0.15) is 11.5 Å². The Hall–Kier alpha value is -1.36. The van der Waals surface area contributed by atoms with E-state index in [-0.39, 0.29) is 11.8 Å². The van der Waals surface area contributed by atoms with Crippen LogP contribution in [0.5, 0.6) is 0 Å². The summed E-state index contributed by atoms with van der Waals surface area (Å²) < 4.78 is 5.03. The quantitative estimate of drug-likeness (QED) is 0.894. The Labute approximate surface area is 113 Å². The highest BCUT2D eigenvalue weighted by Gasteiger charge is 2.58. The summed E-state index contributed by atoms with van der Waals surface area (Å²) in [7, 11) is 1.86. The second-order valence-corrected chi connectivity index (χ2v) is 5.99. The summed E-state index contributed by atoms with van der Waals surface area (Å²) in [6.07, 6.45) is 3.34. The maximum atomic E-state index is 12.4. The van der Waals surface area contributed by atoms with Crippen LogP contribution in [0.1, 0.15) is 30.7 Å². The van der Waals surface area contributed by atoms with Crippen LogP contribution in [-0.2, 0) is 11.3 Å². The van der Waals surface area contributed by atoms with Gasteiger partial charge in [-0.3, -0.25) is 4.79 Å². The molecule has 19 heavy (non-hydrogen) atoms. The Morgan fingerprint density at radius 2 is 2.32 bits per heavy atom. The smallest absolute Gasteiger partial charge is 0.226 e. The topological polar surface area (TPSA) is 58.4 Å². The number of nitrogens with one attached hydrogen (secondary N) is 1. The Morgan fingerprint density at radius 3 is 2.95 bits per heavy atom. The van der Waals surface area contributed by atoms with Crippen molar-refractivity contribution in [1.29, 1.82) is 0 Å². The molecule has 3 rings (SSSR count). The van der Waals surface area contributed by atoms with Crippen LogP contribution in [0.3, 0.4) is 0 Å². The van der Waals surface area contributed by atoms with Crippen molar-refractivity contribution >= 4 is 5.91 Å². The number of hydrogen-bond donors (Lipinski definition) is 1. The lowest BCUT2D eigenvalue weighted by Gasteiger charge is -2.24. The largest absolute Gasteiger partial charge is 0.361 e. The van der Waals surface area contributed by atoms with Gasteiger partial charge >= 0.3 is 0 Å². The second kappa shape index (κ2) is 4.63. The van der Waals surface area contributed by atoms with E-state index in [0.29, 0.717) is 12.0 Å². The molecule has 5 heteroatoms. The van der Waals surface area contributed by atoms with Crippen molar-refractivity contribution in [3.05, 3.63) is 17.5 Å². The molecule has 104 valence electrons. The van der Waals surface area contributed by atoms with Gasteiger partial charge in [0.05, 0.1) is 6.54 Å². The zero-order valence-corrected chi connectivity index (χ0v) is 11.6. The summed E-state index contributed by atoms with van der Waals surface area (Å²) in [6.45, 7) is 4.51. The number of carbonyl (C=O) groups excluding carboxylic acids is 1. The lowest BCUT2D eigenvalue weighted by Crippen LogP contribution is -2.34. The van der Waals surface area contributed by atoms with Gasteiger partial charge < -0.3 is 14.7 Å². The van der Waals surface area contributed by atoms with E-state index >= 15 is 0 Å². The molecule has 0 aromatic carbocycles. The van der Waals surface area contributed by atoms with Gasteiger partial charge in [-0.2, -0.15) is 0 Å². The normalized spacial score (nSPS) is 24.4. The zero-order chi connectivity index (χ0) is 13.5. The fraction of sp³-hybridized carbons (Fsp3) is 0.714. The van der Waals surface area contributed by atoms with E-state index in [2.05, 4.69) is 10.5 Å². The van der Waals surface area contributed by atoms with Gasteiger partial charge in [0.2, 0.25) is 5.91 Å². The number of aromatic nitrogens is 1. The molecule has 1 aromatic rings. The molecule has 2 heterocycles. The first-order valence-corrected chi connectivity index (χ1v) is 6.99. The van der Waals surface area contributed by atoms with Crippen LogP contribution in [0.25, 0.3) is 0 Å². The fourth-order valence-corrected chi connectivity index (χ4v) is 3.25. The predicted octanol–water partition coefficient (Wildman–Crippen LogP) is 1.33. The van der Waals surface area contributed by atoms with Crippen LogP contribution < -0.4 is 5.32 Å². The molecular weight excluding hydrogens is 242 g/mol. The van der Waals surface area contributed by atoms with Crippen molar-refractivity contribution in [3.8, 4) is 0 Å². The van der Waals surface area contributed by atoms with Gasteiger partial charge in [-0.1, -0.05) is 5.16 Å². The number of hydrogen-bond acceptors (Lipinski definition) is 4. The van der Waals surface area contributed by atoms with E-state index in [1.165, 1.54) is 0 Å². The van der Waals surface area contributed by atoms with Crippen LogP contribution in [0.4, 0.5) is 0 Å². The van der Waals surface area contributed by atoms with Crippen molar-refractivity contribution < 1.29 is 9.32 Å². The molecule has 1 N–H and O–H groups in total. The first kappa shape index (κ1) is 12.7. The number of nitrogens with zero attached hydrogens (tertiary/aromatic N) is 2. The lowest BCUT2D eigenvalue weighted by atomic mass is 9.91. The Balaban J connectivity index is 1.59. The van der Waals surface area contributed by atoms with Gasteiger partial charge in [-0.15, -0.1) is 0 Å². The maximum absolute atomic E-state index is 12.4. The van der Waals surface area contributed by atoms with Crippen LogP contribution in [0.15, 0.2) is 10.6 Å². The molecule has 1 aliphatic heterocycles. The van der Waals surface area contributed by atoms with Crippen LogP contribution in [-0.4, -0.2) is 36.1 Å². The molecule has 1 atom stereocenters. The van der Waals surface area contributed by atoms with Gasteiger partial charge in [0.25, 0.3) is 0 Å². The Bertz CT molecular complexity index is 477. The zero-order valence-electron chi connectivity index (χ0n) is 11.6.